The van der Waals surface area contributed by atoms with Crippen LogP contribution in [-0.2, 0) is 0 Å². The van der Waals surface area contributed by atoms with E-state index in [1.54, 1.807) is 5.57 Å². The second-order valence-corrected chi connectivity index (χ2v) is 4.35. The predicted octanol–water partition coefficient (Wildman–Crippen LogP) is 3.12. The van der Waals surface area contributed by atoms with Crippen molar-refractivity contribution in [1.29, 1.82) is 0 Å². The van der Waals surface area contributed by atoms with Gasteiger partial charge in [-0.1, -0.05) is 32.4 Å². The fraction of sp³-hybridized carbons (Fsp3) is 0.833. The zero-order chi connectivity index (χ0) is 9.68. The first-order chi connectivity index (χ1) is 6.25. The van der Waals surface area contributed by atoms with E-state index in [2.05, 4.69) is 32.2 Å². The van der Waals surface area contributed by atoms with Crippen molar-refractivity contribution in [3.63, 3.8) is 0 Å². The number of nitrogens with one attached hydrogen (secondary N) is 1. The monoisotopic (exact) mass is 181 g/mol. The summed E-state index contributed by atoms with van der Waals surface area (Å²) in [5.74, 6) is 0.732. The normalized spacial score (nSPS) is 19.2. The highest BCUT2D eigenvalue weighted by Gasteiger charge is 2.18. The third-order valence-corrected chi connectivity index (χ3v) is 2.76. The molecule has 1 nitrogen and oxygen atoms in total. The second-order valence-electron chi connectivity index (χ2n) is 4.35. The Morgan fingerprint density at radius 3 is 2.69 bits per heavy atom. The molecule has 0 amide bonds. The first kappa shape index (κ1) is 10.8. The Bertz CT molecular complexity index is 170. The molecule has 0 saturated heterocycles. The van der Waals surface area contributed by atoms with Gasteiger partial charge in [-0.25, -0.2) is 0 Å². The van der Waals surface area contributed by atoms with Crippen LogP contribution < -0.4 is 5.32 Å². The molecule has 0 aromatic rings. The van der Waals surface area contributed by atoms with E-state index in [1.165, 1.54) is 25.7 Å². The van der Waals surface area contributed by atoms with Crippen LogP contribution in [0.15, 0.2) is 11.6 Å². The molecule has 1 atom stereocenters. The van der Waals surface area contributed by atoms with Crippen molar-refractivity contribution in [3.8, 4) is 0 Å². The molecular weight excluding hydrogens is 158 g/mol. The summed E-state index contributed by atoms with van der Waals surface area (Å²) in [6.45, 7) is 8.01. The van der Waals surface area contributed by atoms with E-state index in [-0.39, 0.29) is 0 Å². The summed E-state index contributed by atoms with van der Waals surface area (Å²) in [6.07, 6.45) is 7.65. The van der Waals surface area contributed by atoms with Gasteiger partial charge >= 0.3 is 0 Å². The Kier molecular flexibility index (Phi) is 4.51. The lowest BCUT2D eigenvalue weighted by Crippen LogP contribution is -2.35. The van der Waals surface area contributed by atoms with Crippen molar-refractivity contribution in [2.45, 2.75) is 52.5 Å². The zero-order valence-electron chi connectivity index (χ0n) is 9.27. The summed E-state index contributed by atoms with van der Waals surface area (Å²) in [7, 11) is 0. The minimum absolute atomic E-state index is 0.641. The highest BCUT2D eigenvalue weighted by molar-refractivity contribution is 5.15. The fourth-order valence-electron chi connectivity index (χ4n) is 2.07. The third-order valence-electron chi connectivity index (χ3n) is 2.76. The maximum Gasteiger partial charge on any atom is 0.0302 e. The van der Waals surface area contributed by atoms with Gasteiger partial charge in [0.1, 0.15) is 0 Å². The molecule has 13 heavy (non-hydrogen) atoms. The van der Waals surface area contributed by atoms with Crippen molar-refractivity contribution in [1.82, 2.24) is 5.32 Å². The van der Waals surface area contributed by atoms with E-state index in [0.29, 0.717) is 6.04 Å². The zero-order valence-corrected chi connectivity index (χ0v) is 9.27. The van der Waals surface area contributed by atoms with Crippen LogP contribution in [-0.4, -0.2) is 12.6 Å². The molecule has 0 aliphatic heterocycles. The lowest BCUT2D eigenvalue weighted by molar-refractivity contribution is 0.440. The van der Waals surface area contributed by atoms with Gasteiger partial charge in [0.2, 0.25) is 0 Å². The SMILES string of the molecule is CCCNC(C1=CCCC1)C(C)C. The Labute approximate surface area is 82.6 Å². The van der Waals surface area contributed by atoms with Gasteiger partial charge in [-0.05, 0) is 38.1 Å². The molecule has 0 spiro atoms. The maximum atomic E-state index is 3.64. The maximum absolute atomic E-state index is 3.64. The van der Waals surface area contributed by atoms with Gasteiger partial charge in [-0.2, -0.15) is 0 Å². The average Bonchev–Trinajstić information content (AvgIpc) is 2.57. The Hall–Kier alpha value is -0.300. The van der Waals surface area contributed by atoms with Crippen LogP contribution in [0.1, 0.15) is 46.5 Å². The van der Waals surface area contributed by atoms with Crippen molar-refractivity contribution in [3.05, 3.63) is 11.6 Å². The topological polar surface area (TPSA) is 12.0 Å². The molecular formula is C12H23N. The molecule has 0 radical (unpaired) electrons. The molecule has 0 bridgehead atoms. The molecule has 0 aromatic carbocycles. The smallest absolute Gasteiger partial charge is 0.0302 e. The van der Waals surface area contributed by atoms with Crippen molar-refractivity contribution < 1.29 is 0 Å². The van der Waals surface area contributed by atoms with Crippen LogP contribution in [0.2, 0.25) is 0 Å². The Balaban J connectivity index is 2.46. The van der Waals surface area contributed by atoms with Gasteiger partial charge in [0.15, 0.2) is 0 Å². The summed E-state index contributed by atoms with van der Waals surface area (Å²) >= 11 is 0. The molecule has 1 rings (SSSR count). The van der Waals surface area contributed by atoms with Crippen LogP contribution in [0.3, 0.4) is 0 Å². The van der Waals surface area contributed by atoms with E-state index in [1.807, 2.05) is 0 Å². The number of rotatable bonds is 5. The molecule has 1 unspecified atom stereocenters. The van der Waals surface area contributed by atoms with Gasteiger partial charge in [0, 0.05) is 6.04 Å². The molecule has 76 valence electrons. The van der Waals surface area contributed by atoms with E-state index in [9.17, 15) is 0 Å². The Morgan fingerprint density at radius 2 is 2.23 bits per heavy atom. The molecule has 1 aliphatic rings. The van der Waals surface area contributed by atoms with Crippen molar-refractivity contribution >= 4 is 0 Å². The summed E-state index contributed by atoms with van der Waals surface area (Å²) in [6, 6.07) is 0.641. The molecule has 0 aromatic heterocycles. The van der Waals surface area contributed by atoms with Crippen LogP contribution in [0, 0.1) is 5.92 Å². The third kappa shape index (κ3) is 3.15. The highest BCUT2D eigenvalue weighted by atomic mass is 14.9. The van der Waals surface area contributed by atoms with Gasteiger partial charge in [0.05, 0.1) is 0 Å². The Morgan fingerprint density at radius 1 is 1.46 bits per heavy atom. The van der Waals surface area contributed by atoms with E-state index >= 15 is 0 Å². The number of allylic oxidation sites excluding steroid dienone is 1. The molecule has 0 fully saturated rings. The largest absolute Gasteiger partial charge is 0.310 e. The van der Waals surface area contributed by atoms with Crippen LogP contribution >= 0.6 is 0 Å². The van der Waals surface area contributed by atoms with E-state index in [4.69, 9.17) is 0 Å². The van der Waals surface area contributed by atoms with Crippen LogP contribution in [0.5, 0.6) is 0 Å². The minimum atomic E-state index is 0.641. The molecule has 0 heterocycles. The first-order valence-corrected chi connectivity index (χ1v) is 5.68. The molecule has 1 N–H and O–H groups in total. The lowest BCUT2D eigenvalue weighted by Gasteiger charge is -2.23. The summed E-state index contributed by atoms with van der Waals surface area (Å²) in [5, 5.41) is 3.64. The average molecular weight is 181 g/mol. The molecule has 1 heteroatoms. The molecule has 0 saturated carbocycles. The predicted molar refractivity (Wildman–Crippen MR) is 58.9 cm³/mol. The van der Waals surface area contributed by atoms with Gasteiger partial charge in [0.25, 0.3) is 0 Å². The summed E-state index contributed by atoms with van der Waals surface area (Å²) in [5.41, 5.74) is 1.66. The van der Waals surface area contributed by atoms with Crippen molar-refractivity contribution in [2.24, 2.45) is 5.92 Å². The summed E-state index contributed by atoms with van der Waals surface area (Å²) < 4.78 is 0. The number of hydrogen-bond acceptors (Lipinski definition) is 1. The minimum Gasteiger partial charge on any atom is -0.310 e. The van der Waals surface area contributed by atoms with Crippen molar-refractivity contribution in [2.75, 3.05) is 6.54 Å². The number of hydrogen-bond donors (Lipinski definition) is 1. The highest BCUT2D eigenvalue weighted by Crippen LogP contribution is 2.24. The van der Waals surface area contributed by atoms with Crippen LogP contribution in [0.4, 0.5) is 0 Å². The quantitative estimate of drug-likeness (QED) is 0.643. The van der Waals surface area contributed by atoms with Crippen LogP contribution in [0.25, 0.3) is 0 Å². The van der Waals surface area contributed by atoms with Gasteiger partial charge < -0.3 is 5.32 Å². The van der Waals surface area contributed by atoms with Gasteiger partial charge in [-0.3, -0.25) is 0 Å². The van der Waals surface area contributed by atoms with E-state index in [0.717, 1.165) is 12.5 Å². The second kappa shape index (κ2) is 5.43. The molecule has 1 aliphatic carbocycles. The summed E-state index contributed by atoms with van der Waals surface area (Å²) in [4.78, 5) is 0. The van der Waals surface area contributed by atoms with E-state index < -0.39 is 0 Å². The lowest BCUT2D eigenvalue weighted by atomic mass is 9.95. The van der Waals surface area contributed by atoms with Gasteiger partial charge in [-0.15, -0.1) is 0 Å². The standard InChI is InChI=1S/C12H23N/c1-4-9-13-12(10(2)3)11-7-5-6-8-11/h7,10,12-13H,4-6,8-9H2,1-3H3. The fourth-order valence-corrected chi connectivity index (χ4v) is 2.07. The first-order valence-electron chi connectivity index (χ1n) is 5.68.